The lowest BCUT2D eigenvalue weighted by Crippen LogP contribution is -2.13. The highest BCUT2D eigenvalue weighted by atomic mass is 32.1. The van der Waals surface area contributed by atoms with Crippen LogP contribution in [-0.4, -0.2) is 33.6 Å². The number of nitrogens with zero attached hydrogens (tertiary/aromatic N) is 13. The van der Waals surface area contributed by atoms with Gasteiger partial charge in [0.25, 0.3) is 0 Å². The summed E-state index contributed by atoms with van der Waals surface area (Å²) in [5.74, 6) is -1.13. The topological polar surface area (TPSA) is 203 Å². The molecule has 0 aliphatic heterocycles. The van der Waals surface area contributed by atoms with Crippen molar-refractivity contribution in [3.8, 4) is 64.7 Å². The summed E-state index contributed by atoms with van der Waals surface area (Å²) < 4.78 is 22.0. The van der Waals surface area contributed by atoms with E-state index in [1.165, 1.54) is 46.9 Å². The minimum absolute atomic E-state index is 0.0209. The molecule has 4 aliphatic carbocycles. The molecule has 21 heteroatoms. The van der Waals surface area contributed by atoms with E-state index in [9.17, 15) is 30.6 Å². The summed E-state index contributed by atoms with van der Waals surface area (Å²) in [7, 11) is 2.06. The Labute approximate surface area is 512 Å². The molecule has 0 unspecified atom stereocenters. The number of nitriles is 4. The van der Waals surface area contributed by atoms with Crippen molar-refractivity contribution in [2.24, 2.45) is 7.05 Å². The summed E-state index contributed by atoms with van der Waals surface area (Å²) in [5.41, 5.74) is 11.9. The van der Waals surface area contributed by atoms with Gasteiger partial charge >= 0.3 is 5.82 Å². The number of allylic oxidation sites excluding steroid dienone is 5. The van der Waals surface area contributed by atoms with Crippen molar-refractivity contribution in [1.82, 2.24) is 22.1 Å². The first-order valence-corrected chi connectivity index (χ1v) is 30.6. The van der Waals surface area contributed by atoms with Gasteiger partial charge in [0.1, 0.15) is 52.9 Å². The van der Waals surface area contributed by atoms with E-state index in [4.69, 9.17) is 43.8 Å². The number of hydrogen-bond acceptors (Lipinski definition) is 16. The van der Waals surface area contributed by atoms with Crippen LogP contribution in [-0.2, 0) is 17.9 Å². The van der Waals surface area contributed by atoms with Crippen LogP contribution in [0.25, 0.3) is 127 Å². The lowest BCUT2D eigenvalue weighted by Gasteiger charge is -2.19. The molecule has 0 saturated carbocycles. The van der Waals surface area contributed by atoms with E-state index >= 15 is 0 Å². The number of carbonyl (C=O) groups excluding carboxylic acids is 2. The van der Waals surface area contributed by atoms with Gasteiger partial charge in [-0.1, -0.05) is 27.7 Å². The molecule has 4 aliphatic rings. The molecule has 7 aromatic heterocycles. The van der Waals surface area contributed by atoms with E-state index in [0.29, 0.717) is 5.56 Å². The highest BCUT2D eigenvalue weighted by Crippen LogP contribution is 2.60. The van der Waals surface area contributed by atoms with Crippen LogP contribution >= 0.6 is 68.8 Å². The average Bonchev–Trinajstić information content (AvgIpc) is 1.61. The van der Waals surface area contributed by atoms with Gasteiger partial charge in [-0.25, -0.2) is 9.69 Å². The fourth-order valence-electron chi connectivity index (χ4n) is 12.7. The first kappa shape index (κ1) is 52.2. The van der Waals surface area contributed by atoms with Crippen LogP contribution in [0.15, 0.2) is 83.2 Å². The van der Waals surface area contributed by atoms with Crippen molar-refractivity contribution < 1.29 is 9.59 Å². The van der Waals surface area contributed by atoms with Crippen LogP contribution in [0.2, 0.25) is 0 Å². The largest absolute Gasteiger partial charge is 0.527 e. The molecule has 0 amide bonds. The van der Waals surface area contributed by atoms with Crippen LogP contribution < -0.4 is 0 Å². The number of aryl methyl sites for hydroxylation is 1. The number of carbonyl (C=O) groups is 2. The molecule has 11 aromatic rings. The Balaban J connectivity index is 0.813. The van der Waals surface area contributed by atoms with Crippen LogP contribution in [0.4, 0.5) is 11.4 Å². The highest BCUT2D eigenvalue weighted by Gasteiger charge is 2.43. The Morgan fingerprint density at radius 3 is 1.38 bits per heavy atom. The van der Waals surface area contributed by atoms with Gasteiger partial charge in [0, 0.05) is 107 Å². The zero-order chi connectivity index (χ0) is 59.7. The molecule has 0 bridgehead atoms. The lowest BCUT2D eigenvalue weighted by molar-refractivity contribution is 0.103. The minimum atomic E-state index is -0.444. The zero-order valence-electron chi connectivity index (χ0n) is 45.0. The van der Waals surface area contributed by atoms with E-state index in [0.717, 1.165) is 140 Å². The van der Waals surface area contributed by atoms with E-state index in [-0.39, 0.29) is 72.9 Å². The van der Waals surface area contributed by atoms with Gasteiger partial charge in [-0.05, 0) is 106 Å². The monoisotopic (exact) mass is 1210 g/mol. The number of thiophene rings is 4. The van der Waals surface area contributed by atoms with E-state index in [2.05, 4.69) is 95.1 Å². The Bertz CT molecular complexity index is 5330. The molecule has 15 rings (SSSR count). The molecule has 0 N–H and O–H groups in total. The molecule has 86 heavy (non-hydrogen) atoms. The third-order valence-electron chi connectivity index (χ3n) is 16.9. The van der Waals surface area contributed by atoms with Crippen molar-refractivity contribution in [3.63, 3.8) is 0 Å². The van der Waals surface area contributed by atoms with Crippen molar-refractivity contribution in [2.45, 2.75) is 38.5 Å². The molecule has 0 atom stereocenters. The third-order valence-corrected chi connectivity index (χ3v) is 22.8. The number of hydrogen-bond donors (Lipinski definition) is 0. The second-order valence-corrected chi connectivity index (χ2v) is 27.1. The Morgan fingerprint density at radius 2 is 0.930 bits per heavy atom. The predicted octanol–water partition coefficient (Wildman–Crippen LogP) is 17.2. The Morgan fingerprint density at radius 1 is 0.523 bits per heavy atom. The minimum Gasteiger partial charge on any atom is -0.343 e. The molecule has 15 nitrogen and oxygen atoms in total. The van der Waals surface area contributed by atoms with Crippen LogP contribution in [0.3, 0.4) is 0 Å². The summed E-state index contributed by atoms with van der Waals surface area (Å²) in [6.45, 7) is 39.7. The molecule has 7 heterocycles. The first-order valence-electron chi connectivity index (χ1n) is 25.9. The summed E-state index contributed by atoms with van der Waals surface area (Å²) in [6.07, 6.45) is 3.45. The average molecular weight is 1210 g/mol. The fourth-order valence-corrected chi connectivity index (χ4v) is 19.3. The van der Waals surface area contributed by atoms with E-state index in [1.807, 2.05) is 24.3 Å². The second kappa shape index (κ2) is 18.2. The van der Waals surface area contributed by atoms with Gasteiger partial charge in [0.15, 0.2) is 11.6 Å². The number of ketones is 2. The summed E-state index contributed by atoms with van der Waals surface area (Å²) in [6, 6.07) is 26.5. The molecule has 0 saturated heterocycles. The maximum Gasteiger partial charge on any atom is 0.527 e. The van der Waals surface area contributed by atoms with Gasteiger partial charge < -0.3 is 4.57 Å². The normalized spacial score (nSPS) is 15.4. The maximum atomic E-state index is 14.1. The molecular weight excluding hydrogens is 1190 g/mol. The number of benzene rings is 4. The van der Waals surface area contributed by atoms with Gasteiger partial charge in [0.2, 0.25) is 11.4 Å². The Kier molecular flexibility index (Phi) is 11.0. The molecule has 0 spiro atoms. The van der Waals surface area contributed by atoms with E-state index < -0.39 is 22.4 Å². The van der Waals surface area contributed by atoms with Gasteiger partial charge in [0.05, 0.1) is 76.5 Å². The summed E-state index contributed by atoms with van der Waals surface area (Å²) >= 11 is 8.71. The quantitative estimate of drug-likeness (QED) is 0.0926. The smallest absolute Gasteiger partial charge is 0.343 e. The summed E-state index contributed by atoms with van der Waals surface area (Å²) in [4.78, 5) is 50.0. The molecule has 0 radical (unpaired) electrons. The molecule has 0 fully saturated rings. The van der Waals surface area contributed by atoms with Crippen molar-refractivity contribution >= 4 is 159 Å². The number of Topliss-reactive ketones (excluding diaryl/α,β-unsaturated/α-hetero) is 2. The predicted molar refractivity (Wildman–Crippen MR) is 338 cm³/mol. The van der Waals surface area contributed by atoms with Gasteiger partial charge in [-0.3, -0.25) is 9.59 Å². The SMILES string of the molecule is [C-]#[N+]C([N+]#[C-])=C1/C(=C/c2cc3c(s2)-c2sc(-c4cc5c(c6nsnc46)c4c6nsnc6c(-c6cc7c(s6)-c6sc(/C=C8\C(=O)c9cc([N+]#[C-])c(C#N)cc9C8=C(C#N)C#N)cc6C7(C)C)cc4n5C)cc2C3(C)C)C(=O)c2cc(C#N)c([N+]#[C-])cc21. The van der Waals surface area contributed by atoms with Crippen molar-refractivity contribution in [2.75, 3.05) is 0 Å². The third kappa shape index (κ3) is 6.81. The number of aromatic nitrogens is 5. The Hall–Kier alpha value is -10.7. The highest BCUT2D eigenvalue weighted by molar-refractivity contribution is 7.25. The van der Waals surface area contributed by atoms with Crippen molar-refractivity contribution in [3.05, 3.63) is 194 Å². The van der Waals surface area contributed by atoms with E-state index in [1.54, 1.807) is 34.8 Å². The number of rotatable bonds is 4. The van der Waals surface area contributed by atoms with Gasteiger partial charge in [-0.2, -0.15) is 48.2 Å². The number of fused-ring (bicyclic) bond motifs is 15. The maximum absolute atomic E-state index is 14.1. The van der Waals surface area contributed by atoms with Crippen LogP contribution in [0.1, 0.15) is 103 Å². The lowest BCUT2D eigenvalue weighted by atomic mass is 9.83. The summed E-state index contributed by atoms with van der Waals surface area (Å²) in [5, 5.41) is 41.6. The second-order valence-electron chi connectivity index (χ2n) is 21.8. The van der Waals surface area contributed by atoms with Crippen molar-refractivity contribution in [1.29, 1.82) is 21.0 Å². The standard InChI is InChI=1S/C65H27N13O2S6/c1-64(2)39-14-29(12-37-49(28(24-68)25-69)31-10-26(22-66)44(71-6)17-34(31)58(37)80)81-59(39)61-41(64)20-47(83-61)35-18-45-51(55-53(35)74-85-76-55)52-46(78(45)9)19-36(54-56(52)77-86-75-54)48-21-42-62(84-48)60-40(65(42,3)4)15-30(82-60)13-38-50(63(72-7)73-8)32-16-43(70-5)27(23-67)11-33(32)57(38)79/h10-21H,1-4,9H3/b37-12-,38-13-. The molecule has 4 aromatic carbocycles. The van der Waals surface area contributed by atoms with Crippen LogP contribution in [0.5, 0.6) is 0 Å². The van der Waals surface area contributed by atoms with Gasteiger partial charge in [-0.15, -0.1) is 45.3 Å². The zero-order valence-corrected chi connectivity index (χ0v) is 49.9. The molecule has 400 valence electrons. The fraction of sp³-hybridized carbons (Fsp3) is 0.108. The first-order chi connectivity index (χ1) is 41.5. The van der Waals surface area contributed by atoms with Crippen LogP contribution in [0, 0.1) is 71.6 Å². The molecular formula is C65H27N13O2S6.